The van der Waals surface area contributed by atoms with E-state index in [4.69, 9.17) is 4.74 Å². The van der Waals surface area contributed by atoms with Gasteiger partial charge in [-0.2, -0.15) is 5.10 Å². The molecule has 0 saturated carbocycles. The van der Waals surface area contributed by atoms with Gasteiger partial charge in [0.15, 0.2) is 0 Å². The van der Waals surface area contributed by atoms with E-state index in [9.17, 15) is 9.59 Å². The van der Waals surface area contributed by atoms with Crippen LogP contribution in [0.15, 0.2) is 17.2 Å². The first kappa shape index (κ1) is 15.0. The van der Waals surface area contributed by atoms with Crippen molar-refractivity contribution in [2.45, 2.75) is 33.2 Å². The number of nitrogens with one attached hydrogen (secondary N) is 2. The van der Waals surface area contributed by atoms with E-state index >= 15 is 0 Å². The monoisotopic (exact) mass is 289 g/mol. The van der Waals surface area contributed by atoms with E-state index in [2.05, 4.69) is 15.8 Å². The second kappa shape index (κ2) is 6.39. The maximum Gasteiger partial charge on any atom is 0.267 e. The van der Waals surface area contributed by atoms with Crippen molar-refractivity contribution in [3.63, 3.8) is 0 Å². The quantitative estimate of drug-likeness (QED) is 0.874. The Bertz CT molecular complexity index is 608. The molecule has 0 radical (unpaired) electrons. The molecule has 1 aliphatic heterocycles. The van der Waals surface area contributed by atoms with Crippen molar-refractivity contribution in [3.8, 4) is 5.75 Å². The van der Waals surface area contributed by atoms with Gasteiger partial charge in [0.2, 0.25) is 5.91 Å². The molecule has 6 nitrogen and oxygen atoms in total. The normalized spacial score (nSPS) is 14.2. The minimum absolute atomic E-state index is 0.164. The summed E-state index contributed by atoms with van der Waals surface area (Å²) in [5.74, 6) is 0.325. The highest BCUT2D eigenvalue weighted by Crippen LogP contribution is 2.23. The molecule has 0 saturated heterocycles. The predicted octanol–water partition coefficient (Wildman–Crippen LogP) is 1.19. The largest absolute Gasteiger partial charge is 0.496 e. The lowest BCUT2D eigenvalue weighted by Crippen LogP contribution is -2.36. The van der Waals surface area contributed by atoms with E-state index in [0.717, 1.165) is 22.4 Å². The number of methoxy groups -OCH3 is 1. The fourth-order valence-electron chi connectivity index (χ4n) is 2.28. The van der Waals surface area contributed by atoms with E-state index in [1.54, 1.807) is 7.11 Å². The minimum Gasteiger partial charge on any atom is -0.496 e. The van der Waals surface area contributed by atoms with E-state index in [0.29, 0.717) is 25.1 Å². The number of carbonyl (C=O) groups is 2. The summed E-state index contributed by atoms with van der Waals surface area (Å²) in [6, 6.07) is 3.98. The minimum atomic E-state index is -0.267. The number of nitrogens with zero attached hydrogens (tertiary/aromatic N) is 1. The number of aryl methyl sites for hydroxylation is 2. The first-order valence-electron chi connectivity index (χ1n) is 6.79. The number of amides is 2. The van der Waals surface area contributed by atoms with Crippen molar-refractivity contribution in [1.29, 1.82) is 0 Å². The van der Waals surface area contributed by atoms with Crippen LogP contribution in [-0.4, -0.2) is 24.6 Å². The van der Waals surface area contributed by atoms with Crippen LogP contribution in [0.25, 0.3) is 0 Å². The van der Waals surface area contributed by atoms with Crippen molar-refractivity contribution in [3.05, 3.63) is 28.8 Å². The number of rotatable bonds is 4. The third kappa shape index (κ3) is 3.59. The van der Waals surface area contributed by atoms with Crippen LogP contribution in [0.3, 0.4) is 0 Å². The van der Waals surface area contributed by atoms with Crippen LogP contribution in [0.2, 0.25) is 0 Å². The Morgan fingerprint density at radius 3 is 2.76 bits per heavy atom. The zero-order valence-electron chi connectivity index (χ0n) is 12.4. The summed E-state index contributed by atoms with van der Waals surface area (Å²) in [7, 11) is 1.61. The number of ether oxygens (including phenoxy) is 1. The van der Waals surface area contributed by atoms with Gasteiger partial charge in [0.1, 0.15) is 11.5 Å². The summed E-state index contributed by atoms with van der Waals surface area (Å²) >= 11 is 0. The molecule has 0 atom stereocenters. The van der Waals surface area contributed by atoms with E-state index in [-0.39, 0.29) is 11.8 Å². The second-order valence-electron chi connectivity index (χ2n) is 5.04. The van der Waals surface area contributed by atoms with Gasteiger partial charge in [-0.3, -0.25) is 9.59 Å². The lowest BCUT2D eigenvalue weighted by molar-refractivity contribution is -0.121. The molecular formula is C15H19N3O3. The molecule has 0 aliphatic carbocycles. The third-order valence-corrected chi connectivity index (χ3v) is 3.39. The standard InChI is InChI=1S/C15H19N3O3/c1-9-6-10(2)11(13(7-9)21-3)8-16-15(20)12-4-5-14(19)18-17-12/h6-7H,4-5,8H2,1-3H3,(H,16,20)(H,18,19). The molecule has 0 unspecified atom stereocenters. The summed E-state index contributed by atoms with van der Waals surface area (Å²) in [4.78, 5) is 23.0. The molecule has 1 aliphatic rings. The molecule has 2 rings (SSSR count). The number of hydrazone groups is 1. The van der Waals surface area contributed by atoms with Crippen molar-refractivity contribution >= 4 is 17.5 Å². The van der Waals surface area contributed by atoms with Crippen molar-refractivity contribution in [2.24, 2.45) is 5.10 Å². The topological polar surface area (TPSA) is 79.8 Å². The first-order chi connectivity index (χ1) is 10.0. The van der Waals surface area contributed by atoms with Crippen LogP contribution in [0.5, 0.6) is 5.75 Å². The van der Waals surface area contributed by atoms with Gasteiger partial charge in [0, 0.05) is 24.9 Å². The molecule has 0 bridgehead atoms. The Labute approximate surface area is 123 Å². The van der Waals surface area contributed by atoms with Gasteiger partial charge in [-0.05, 0) is 31.0 Å². The van der Waals surface area contributed by atoms with Crippen molar-refractivity contribution in [1.82, 2.24) is 10.7 Å². The number of hydrogen-bond acceptors (Lipinski definition) is 4. The van der Waals surface area contributed by atoms with Crippen LogP contribution < -0.4 is 15.5 Å². The SMILES string of the molecule is COc1cc(C)cc(C)c1CNC(=O)C1=NNC(=O)CC1. The highest BCUT2D eigenvalue weighted by Gasteiger charge is 2.18. The zero-order chi connectivity index (χ0) is 15.4. The van der Waals surface area contributed by atoms with Gasteiger partial charge < -0.3 is 10.1 Å². The summed E-state index contributed by atoms with van der Waals surface area (Å²) < 4.78 is 5.36. The molecule has 21 heavy (non-hydrogen) atoms. The molecule has 1 heterocycles. The van der Waals surface area contributed by atoms with Gasteiger partial charge in [0.05, 0.1) is 7.11 Å². The molecule has 112 valence electrons. The summed E-state index contributed by atoms with van der Waals surface area (Å²) in [6.45, 7) is 4.34. The molecule has 1 aromatic rings. The Balaban J connectivity index is 2.06. The summed E-state index contributed by atoms with van der Waals surface area (Å²) in [5, 5.41) is 6.59. The molecule has 2 N–H and O–H groups in total. The van der Waals surface area contributed by atoms with E-state index in [1.165, 1.54) is 0 Å². The molecule has 6 heteroatoms. The fraction of sp³-hybridized carbons (Fsp3) is 0.400. The molecule has 0 spiro atoms. The number of hydrogen-bond donors (Lipinski definition) is 2. The fourth-order valence-corrected chi connectivity index (χ4v) is 2.28. The number of carbonyl (C=O) groups excluding carboxylic acids is 2. The van der Waals surface area contributed by atoms with Crippen LogP contribution in [0, 0.1) is 13.8 Å². The molecule has 0 aromatic heterocycles. The lowest BCUT2D eigenvalue weighted by Gasteiger charge is -2.15. The van der Waals surface area contributed by atoms with Gasteiger partial charge in [-0.1, -0.05) is 6.07 Å². The van der Waals surface area contributed by atoms with Crippen LogP contribution >= 0.6 is 0 Å². The summed E-state index contributed by atoms with van der Waals surface area (Å²) in [5.41, 5.74) is 5.77. The molecule has 1 aromatic carbocycles. The van der Waals surface area contributed by atoms with Gasteiger partial charge in [0.25, 0.3) is 5.91 Å². The van der Waals surface area contributed by atoms with E-state index in [1.807, 2.05) is 26.0 Å². The molecule has 0 fully saturated rings. The second-order valence-corrected chi connectivity index (χ2v) is 5.04. The average Bonchev–Trinajstić information content (AvgIpc) is 2.46. The maximum atomic E-state index is 12.0. The zero-order valence-corrected chi connectivity index (χ0v) is 12.4. The first-order valence-corrected chi connectivity index (χ1v) is 6.79. The van der Waals surface area contributed by atoms with E-state index < -0.39 is 0 Å². The van der Waals surface area contributed by atoms with Crippen LogP contribution in [-0.2, 0) is 16.1 Å². The lowest BCUT2D eigenvalue weighted by atomic mass is 10.0. The van der Waals surface area contributed by atoms with Crippen molar-refractivity contribution in [2.75, 3.05) is 7.11 Å². The predicted molar refractivity (Wildman–Crippen MR) is 79.1 cm³/mol. The summed E-state index contributed by atoms with van der Waals surface area (Å²) in [6.07, 6.45) is 0.654. The maximum absolute atomic E-state index is 12.0. The third-order valence-electron chi connectivity index (χ3n) is 3.39. The smallest absolute Gasteiger partial charge is 0.267 e. The van der Waals surface area contributed by atoms with Gasteiger partial charge in [-0.15, -0.1) is 0 Å². The Morgan fingerprint density at radius 1 is 1.38 bits per heavy atom. The van der Waals surface area contributed by atoms with Gasteiger partial charge in [-0.25, -0.2) is 5.43 Å². The Morgan fingerprint density at radius 2 is 2.14 bits per heavy atom. The highest BCUT2D eigenvalue weighted by molar-refractivity contribution is 6.39. The Kier molecular flexibility index (Phi) is 4.57. The highest BCUT2D eigenvalue weighted by atomic mass is 16.5. The molecular weight excluding hydrogens is 270 g/mol. The average molecular weight is 289 g/mol. The number of benzene rings is 1. The molecule has 2 amide bonds. The van der Waals surface area contributed by atoms with Crippen molar-refractivity contribution < 1.29 is 14.3 Å². The van der Waals surface area contributed by atoms with Crippen LogP contribution in [0.1, 0.15) is 29.5 Å². The Hall–Kier alpha value is -2.37. The van der Waals surface area contributed by atoms with Gasteiger partial charge >= 0.3 is 0 Å². The van der Waals surface area contributed by atoms with Crippen LogP contribution in [0.4, 0.5) is 0 Å².